The Labute approximate surface area is 202 Å². The highest BCUT2D eigenvalue weighted by molar-refractivity contribution is 7.14. The monoisotopic (exact) mass is 471 g/mol. The van der Waals surface area contributed by atoms with Crippen molar-refractivity contribution >= 4 is 28.3 Å². The van der Waals surface area contributed by atoms with Crippen molar-refractivity contribution in [3.63, 3.8) is 0 Å². The summed E-state index contributed by atoms with van der Waals surface area (Å²) in [4.78, 5) is 30.4. The van der Waals surface area contributed by atoms with Crippen LogP contribution < -0.4 is 10.2 Å². The highest BCUT2D eigenvalue weighted by Gasteiger charge is 2.17. The topological polar surface area (TPSA) is 82.5 Å². The van der Waals surface area contributed by atoms with Gasteiger partial charge in [0.2, 0.25) is 0 Å². The molecular formula is C27H25N3O3S. The number of anilines is 1. The number of amides is 1. The molecular weight excluding hydrogens is 446 g/mol. The Kier molecular flexibility index (Phi) is 7.34. The van der Waals surface area contributed by atoms with Crippen LogP contribution in [0.4, 0.5) is 5.13 Å². The summed E-state index contributed by atoms with van der Waals surface area (Å²) in [6, 6.07) is 26.6. The van der Waals surface area contributed by atoms with Gasteiger partial charge in [-0.25, -0.2) is 4.98 Å². The largest absolute Gasteiger partial charge is 0.480 e. The van der Waals surface area contributed by atoms with E-state index in [0.29, 0.717) is 18.7 Å². The summed E-state index contributed by atoms with van der Waals surface area (Å²) in [5.74, 6) is -1.48. The second-order valence-corrected chi connectivity index (χ2v) is 8.79. The summed E-state index contributed by atoms with van der Waals surface area (Å²) in [6.45, 7) is 2.75. The Morgan fingerprint density at radius 3 is 2.12 bits per heavy atom. The third kappa shape index (κ3) is 5.88. The molecule has 4 aromatic rings. The van der Waals surface area contributed by atoms with Crippen molar-refractivity contribution in [3.05, 3.63) is 107 Å². The van der Waals surface area contributed by atoms with Crippen molar-refractivity contribution in [3.8, 4) is 11.3 Å². The SMILES string of the molecule is CC(NC(=O)c1ccc(CN(Cc2ccccc2)c2nc(-c3ccccc3)cs2)cc1)C(=O)O. The molecule has 0 aliphatic rings. The lowest BCUT2D eigenvalue weighted by molar-refractivity contribution is -0.138. The Bertz CT molecular complexity index is 1240. The van der Waals surface area contributed by atoms with Crippen LogP contribution in [0.25, 0.3) is 11.3 Å². The molecule has 6 nitrogen and oxygen atoms in total. The molecule has 4 rings (SSSR count). The Balaban J connectivity index is 1.54. The molecule has 0 saturated heterocycles. The number of benzene rings is 3. The Morgan fingerprint density at radius 1 is 0.912 bits per heavy atom. The van der Waals surface area contributed by atoms with Crippen LogP contribution in [0.3, 0.4) is 0 Å². The lowest BCUT2D eigenvalue weighted by Crippen LogP contribution is -2.38. The van der Waals surface area contributed by atoms with Gasteiger partial charge < -0.3 is 15.3 Å². The Morgan fingerprint density at radius 2 is 1.50 bits per heavy atom. The number of rotatable bonds is 9. The number of aromatic nitrogens is 1. The maximum atomic E-state index is 12.3. The number of nitrogens with one attached hydrogen (secondary N) is 1. The summed E-state index contributed by atoms with van der Waals surface area (Å²) in [5, 5.41) is 14.5. The molecule has 1 atom stereocenters. The van der Waals surface area contributed by atoms with Crippen LogP contribution in [0.5, 0.6) is 0 Å². The van der Waals surface area contributed by atoms with Crippen LogP contribution in [0.15, 0.2) is 90.3 Å². The summed E-state index contributed by atoms with van der Waals surface area (Å²) in [5.41, 5.74) is 4.65. The molecule has 1 aromatic heterocycles. The van der Waals surface area contributed by atoms with E-state index in [-0.39, 0.29) is 0 Å². The number of carboxylic acid groups (broad SMARTS) is 1. The molecule has 0 bridgehead atoms. The zero-order valence-corrected chi connectivity index (χ0v) is 19.5. The first-order valence-corrected chi connectivity index (χ1v) is 11.8. The van der Waals surface area contributed by atoms with Gasteiger partial charge in [-0.3, -0.25) is 9.59 Å². The average molecular weight is 472 g/mol. The van der Waals surface area contributed by atoms with Gasteiger partial charge in [0.25, 0.3) is 5.91 Å². The molecule has 1 heterocycles. The fourth-order valence-corrected chi connectivity index (χ4v) is 4.30. The third-order valence-electron chi connectivity index (χ3n) is 5.36. The molecule has 0 fully saturated rings. The van der Waals surface area contributed by atoms with E-state index >= 15 is 0 Å². The van der Waals surface area contributed by atoms with E-state index in [4.69, 9.17) is 10.1 Å². The number of hydrogen-bond acceptors (Lipinski definition) is 5. The van der Waals surface area contributed by atoms with Gasteiger partial charge in [0, 0.05) is 29.6 Å². The number of carboxylic acids is 1. The first-order chi connectivity index (χ1) is 16.5. The molecule has 0 aliphatic carbocycles. The molecule has 0 spiro atoms. The molecule has 172 valence electrons. The van der Waals surface area contributed by atoms with Crippen LogP contribution in [0, 0.1) is 0 Å². The summed E-state index contributed by atoms with van der Waals surface area (Å²) in [6.07, 6.45) is 0. The van der Waals surface area contributed by atoms with E-state index in [9.17, 15) is 9.59 Å². The van der Waals surface area contributed by atoms with Crippen LogP contribution >= 0.6 is 11.3 Å². The van der Waals surface area contributed by atoms with Gasteiger partial charge in [0.1, 0.15) is 6.04 Å². The molecule has 0 aliphatic heterocycles. The van der Waals surface area contributed by atoms with Crippen LogP contribution in [0.2, 0.25) is 0 Å². The number of nitrogens with zero attached hydrogens (tertiary/aromatic N) is 2. The number of aliphatic carboxylic acids is 1. The quantitative estimate of drug-likeness (QED) is 0.350. The molecule has 3 aromatic carbocycles. The van der Waals surface area contributed by atoms with Crippen molar-refractivity contribution in [1.29, 1.82) is 0 Å². The van der Waals surface area contributed by atoms with E-state index in [1.54, 1.807) is 23.5 Å². The van der Waals surface area contributed by atoms with E-state index < -0.39 is 17.9 Å². The standard InChI is InChI=1S/C27H25N3O3S/c1-19(26(32)33)28-25(31)23-14-12-21(13-15-23)17-30(16-20-8-4-2-5-9-20)27-29-24(18-34-27)22-10-6-3-7-11-22/h2-15,18-19H,16-17H2,1H3,(H,28,31)(H,32,33). The van der Waals surface area contributed by atoms with Gasteiger partial charge in [-0.2, -0.15) is 0 Å². The molecule has 1 amide bonds. The van der Waals surface area contributed by atoms with E-state index in [2.05, 4.69) is 39.9 Å². The summed E-state index contributed by atoms with van der Waals surface area (Å²) < 4.78 is 0. The first kappa shape index (κ1) is 23.2. The van der Waals surface area contributed by atoms with Gasteiger partial charge in [0.15, 0.2) is 5.13 Å². The smallest absolute Gasteiger partial charge is 0.325 e. The summed E-state index contributed by atoms with van der Waals surface area (Å²) in [7, 11) is 0. The maximum Gasteiger partial charge on any atom is 0.325 e. The second kappa shape index (κ2) is 10.8. The second-order valence-electron chi connectivity index (χ2n) is 7.95. The maximum absolute atomic E-state index is 12.3. The normalized spacial score (nSPS) is 11.6. The lowest BCUT2D eigenvalue weighted by atomic mass is 10.1. The predicted molar refractivity (Wildman–Crippen MR) is 135 cm³/mol. The van der Waals surface area contributed by atoms with Crippen LogP contribution in [-0.2, 0) is 17.9 Å². The molecule has 0 saturated carbocycles. The van der Waals surface area contributed by atoms with Gasteiger partial charge >= 0.3 is 5.97 Å². The minimum atomic E-state index is -1.07. The molecule has 1 unspecified atom stereocenters. The number of carbonyl (C=O) groups excluding carboxylic acids is 1. The van der Waals surface area contributed by atoms with Gasteiger partial charge in [-0.1, -0.05) is 72.8 Å². The predicted octanol–water partition coefficient (Wildman–Crippen LogP) is 5.22. The third-order valence-corrected chi connectivity index (χ3v) is 6.26. The first-order valence-electron chi connectivity index (χ1n) is 10.9. The molecule has 2 N–H and O–H groups in total. The highest BCUT2D eigenvalue weighted by Crippen LogP contribution is 2.29. The number of hydrogen-bond donors (Lipinski definition) is 2. The lowest BCUT2D eigenvalue weighted by Gasteiger charge is -2.22. The van der Waals surface area contributed by atoms with E-state index in [0.717, 1.165) is 22.0 Å². The summed E-state index contributed by atoms with van der Waals surface area (Å²) >= 11 is 1.60. The van der Waals surface area contributed by atoms with Crippen LogP contribution in [-0.4, -0.2) is 28.0 Å². The van der Waals surface area contributed by atoms with Crippen LogP contribution in [0.1, 0.15) is 28.4 Å². The van der Waals surface area contributed by atoms with Crippen molar-refractivity contribution in [2.75, 3.05) is 4.90 Å². The highest BCUT2D eigenvalue weighted by atomic mass is 32.1. The zero-order valence-electron chi connectivity index (χ0n) is 18.7. The van der Waals surface area contributed by atoms with Crippen molar-refractivity contribution in [2.24, 2.45) is 0 Å². The fraction of sp³-hybridized carbons (Fsp3) is 0.148. The minimum Gasteiger partial charge on any atom is -0.480 e. The van der Waals surface area contributed by atoms with E-state index in [1.165, 1.54) is 12.5 Å². The molecule has 34 heavy (non-hydrogen) atoms. The number of carbonyl (C=O) groups is 2. The molecule has 7 heteroatoms. The Hall–Kier alpha value is -3.97. The minimum absolute atomic E-state index is 0.407. The zero-order chi connectivity index (χ0) is 23.9. The van der Waals surface area contributed by atoms with Crippen molar-refractivity contribution in [1.82, 2.24) is 10.3 Å². The fourth-order valence-electron chi connectivity index (χ4n) is 3.47. The average Bonchev–Trinajstić information content (AvgIpc) is 3.35. The van der Waals surface area contributed by atoms with Crippen molar-refractivity contribution < 1.29 is 14.7 Å². The van der Waals surface area contributed by atoms with E-state index in [1.807, 2.05) is 48.5 Å². The van der Waals surface area contributed by atoms with Crippen molar-refractivity contribution in [2.45, 2.75) is 26.1 Å². The number of thiazole rings is 1. The van der Waals surface area contributed by atoms with Gasteiger partial charge in [-0.05, 0) is 30.2 Å². The van der Waals surface area contributed by atoms with Gasteiger partial charge in [0.05, 0.1) is 5.69 Å². The molecule has 0 radical (unpaired) electrons. The van der Waals surface area contributed by atoms with Gasteiger partial charge in [-0.15, -0.1) is 11.3 Å².